The van der Waals surface area contributed by atoms with Gasteiger partial charge in [-0.25, -0.2) is 4.79 Å². The second-order valence-corrected chi connectivity index (χ2v) is 6.20. The quantitative estimate of drug-likeness (QED) is 0.256. The van der Waals surface area contributed by atoms with E-state index in [1.165, 1.54) is 11.2 Å². The molecule has 0 spiro atoms. The molecule has 0 bridgehead atoms. The summed E-state index contributed by atoms with van der Waals surface area (Å²) in [4.78, 5) is 45.0. The first-order valence-electron chi connectivity index (χ1n) is 9.04. The van der Waals surface area contributed by atoms with Crippen LogP contribution in [0.25, 0.3) is 0 Å². The Morgan fingerprint density at radius 1 is 1.25 bits per heavy atom. The number of urea groups is 1. The van der Waals surface area contributed by atoms with E-state index in [2.05, 4.69) is 20.5 Å². The SMILES string of the molecule is CCNC(=NCCN1C(=O)CNC1=O)N1CCN(C(=O)c2ccco2)CC1.I. The number of rotatable bonds is 5. The van der Waals surface area contributed by atoms with Gasteiger partial charge in [0.2, 0.25) is 5.91 Å². The van der Waals surface area contributed by atoms with Crippen LogP contribution in [0.4, 0.5) is 4.79 Å². The smallest absolute Gasteiger partial charge is 0.324 e. The maximum atomic E-state index is 12.3. The van der Waals surface area contributed by atoms with Gasteiger partial charge in [-0.2, -0.15) is 0 Å². The summed E-state index contributed by atoms with van der Waals surface area (Å²) in [5, 5.41) is 5.71. The Morgan fingerprint density at radius 3 is 2.54 bits per heavy atom. The molecule has 2 aliphatic heterocycles. The van der Waals surface area contributed by atoms with Crippen molar-refractivity contribution in [2.45, 2.75) is 6.92 Å². The minimum atomic E-state index is -0.370. The summed E-state index contributed by atoms with van der Waals surface area (Å²) < 4.78 is 5.17. The van der Waals surface area contributed by atoms with Crippen LogP contribution in [0.1, 0.15) is 17.5 Å². The zero-order chi connectivity index (χ0) is 19.2. The van der Waals surface area contributed by atoms with Crippen molar-refractivity contribution in [3.63, 3.8) is 0 Å². The topological polar surface area (TPSA) is 110 Å². The first-order chi connectivity index (χ1) is 13.1. The number of carbonyl (C=O) groups excluding carboxylic acids is 3. The van der Waals surface area contributed by atoms with Crippen molar-refractivity contribution in [3.8, 4) is 0 Å². The molecule has 28 heavy (non-hydrogen) atoms. The van der Waals surface area contributed by atoms with Gasteiger partial charge >= 0.3 is 6.03 Å². The van der Waals surface area contributed by atoms with Crippen molar-refractivity contribution >= 4 is 47.8 Å². The van der Waals surface area contributed by atoms with Gasteiger partial charge < -0.3 is 24.9 Å². The molecule has 154 valence electrons. The Kier molecular flexibility index (Phi) is 8.08. The third-order valence-electron chi connectivity index (χ3n) is 4.46. The number of nitrogens with one attached hydrogen (secondary N) is 2. The van der Waals surface area contributed by atoms with Crippen molar-refractivity contribution in [3.05, 3.63) is 24.2 Å². The molecule has 0 aromatic carbocycles. The van der Waals surface area contributed by atoms with Gasteiger partial charge in [-0.1, -0.05) is 0 Å². The summed E-state index contributed by atoms with van der Waals surface area (Å²) in [6.07, 6.45) is 1.49. The van der Waals surface area contributed by atoms with Crippen LogP contribution in [0.5, 0.6) is 0 Å². The molecule has 0 unspecified atom stereocenters. The minimum Gasteiger partial charge on any atom is -0.459 e. The van der Waals surface area contributed by atoms with Crippen molar-refractivity contribution in [1.29, 1.82) is 0 Å². The molecule has 0 aliphatic carbocycles. The zero-order valence-corrected chi connectivity index (χ0v) is 18.0. The summed E-state index contributed by atoms with van der Waals surface area (Å²) in [6.45, 7) is 5.71. The average Bonchev–Trinajstić information content (AvgIpc) is 3.32. The number of nitrogens with zero attached hydrogens (tertiary/aromatic N) is 4. The summed E-state index contributed by atoms with van der Waals surface area (Å²) in [5.74, 6) is 0.720. The molecular weight excluding hydrogens is 479 g/mol. The van der Waals surface area contributed by atoms with Gasteiger partial charge in [0.15, 0.2) is 11.7 Å². The Bertz CT molecular complexity index is 699. The number of amides is 4. The third kappa shape index (κ3) is 5.14. The van der Waals surface area contributed by atoms with Gasteiger partial charge in [-0.05, 0) is 19.1 Å². The monoisotopic (exact) mass is 504 g/mol. The average molecular weight is 504 g/mol. The van der Waals surface area contributed by atoms with E-state index in [-0.39, 0.29) is 54.9 Å². The summed E-state index contributed by atoms with van der Waals surface area (Å²) >= 11 is 0. The zero-order valence-electron chi connectivity index (χ0n) is 15.7. The number of hydrogen-bond acceptors (Lipinski definition) is 5. The number of furan rings is 1. The minimum absolute atomic E-state index is 0. The summed E-state index contributed by atoms with van der Waals surface area (Å²) in [7, 11) is 0. The van der Waals surface area contributed by atoms with Gasteiger partial charge in [0, 0.05) is 32.7 Å². The maximum Gasteiger partial charge on any atom is 0.324 e. The number of aliphatic imine (C=N–C) groups is 1. The third-order valence-corrected chi connectivity index (χ3v) is 4.46. The van der Waals surface area contributed by atoms with Crippen molar-refractivity contribution in [2.75, 3.05) is 52.4 Å². The standard InChI is InChI=1S/C17H24N6O4.HI/c1-2-18-16(19-5-6-23-14(24)12-20-17(23)26)22-9-7-21(8-10-22)15(25)13-4-3-11-27-13;/h3-4,11H,2,5-10,12H2,1H3,(H,18,19)(H,20,26);1H. The predicted molar refractivity (Wildman–Crippen MR) is 113 cm³/mol. The summed E-state index contributed by atoms with van der Waals surface area (Å²) in [6, 6.07) is 2.99. The first-order valence-corrected chi connectivity index (χ1v) is 9.04. The largest absolute Gasteiger partial charge is 0.459 e. The van der Waals surface area contributed by atoms with Crippen LogP contribution in [-0.4, -0.2) is 90.9 Å². The Hall–Kier alpha value is -2.31. The van der Waals surface area contributed by atoms with E-state index >= 15 is 0 Å². The molecule has 3 rings (SSSR count). The van der Waals surface area contributed by atoms with E-state index in [1.807, 2.05) is 6.92 Å². The molecule has 0 saturated carbocycles. The molecule has 2 saturated heterocycles. The van der Waals surface area contributed by atoms with Crippen LogP contribution >= 0.6 is 24.0 Å². The van der Waals surface area contributed by atoms with Gasteiger partial charge in [0.1, 0.15) is 0 Å². The number of carbonyl (C=O) groups is 3. The van der Waals surface area contributed by atoms with Gasteiger partial charge in [-0.15, -0.1) is 24.0 Å². The maximum absolute atomic E-state index is 12.3. The number of guanidine groups is 1. The lowest BCUT2D eigenvalue weighted by Crippen LogP contribution is -2.53. The highest BCUT2D eigenvalue weighted by molar-refractivity contribution is 14.0. The molecule has 2 fully saturated rings. The molecule has 2 N–H and O–H groups in total. The van der Waals surface area contributed by atoms with E-state index in [0.717, 1.165) is 5.96 Å². The Balaban J connectivity index is 0.00000280. The first kappa shape index (κ1) is 22.0. The fourth-order valence-electron chi connectivity index (χ4n) is 3.04. The molecule has 11 heteroatoms. The number of hydrogen-bond donors (Lipinski definition) is 2. The predicted octanol–water partition coefficient (Wildman–Crippen LogP) is 0.173. The number of halogens is 1. The Morgan fingerprint density at radius 2 is 1.96 bits per heavy atom. The molecule has 10 nitrogen and oxygen atoms in total. The van der Waals surface area contributed by atoms with Gasteiger partial charge in [0.25, 0.3) is 5.91 Å². The molecule has 0 atom stereocenters. The van der Waals surface area contributed by atoms with Crippen LogP contribution in [0.2, 0.25) is 0 Å². The molecule has 2 aliphatic rings. The van der Waals surface area contributed by atoms with E-state index in [0.29, 0.717) is 45.0 Å². The second-order valence-electron chi connectivity index (χ2n) is 6.20. The van der Waals surface area contributed by atoms with Crippen LogP contribution < -0.4 is 10.6 Å². The van der Waals surface area contributed by atoms with Gasteiger partial charge in [0.05, 0.1) is 25.9 Å². The van der Waals surface area contributed by atoms with Crippen LogP contribution in [-0.2, 0) is 4.79 Å². The lowest BCUT2D eigenvalue weighted by Gasteiger charge is -2.36. The summed E-state index contributed by atoms with van der Waals surface area (Å²) in [5.41, 5.74) is 0. The fourth-order valence-corrected chi connectivity index (χ4v) is 3.04. The molecule has 3 heterocycles. The highest BCUT2D eigenvalue weighted by Crippen LogP contribution is 2.09. The number of piperazine rings is 1. The lowest BCUT2D eigenvalue weighted by molar-refractivity contribution is -0.124. The molecular formula is C17H25IN6O4. The van der Waals surface area contributed by atoms with Gasteiger partial charge in [-0.3, -0.25) is 19.5 Å². The van der Waals surface area contributed by atoms with Crippen LogP contribution in [0.15, 0.2) is 27.8 Å². The number of imide groups is 1. The van der Waals surface area contributed by atoms with E-state index < -0.39 is 0 Å². The highest BCUT2D eigenvalue weighted by Gasteiger charge is 2.28. The Labute approximate surface area is 180 Å². The van der Waals surface area contributed by atoms with Crippen molar-refractivity contribution < 1.29 is 18.8 Å². The molecule has 0 radical (unpaired) electrons. The normalized spacial score (nSPS) is 17.5. The molecule has 1 aromatic heterocycles. The van der Waals surface area contributed by atoms with Crippen LogP contribution in [0, 0.1) is 0 Å². The second kappa shape index (κ2) is 10.3. The van der Waals surface area contributed by atoms with Crippen molar-refractivity contribution in [2.24, 2.45) is 4.99 Å². The molecule has 1 aromatic rings. The highest BCUT2D eigenvalue weighted by atomic mass is 127. The molecule has 4 amide bonds. The van der Waals surface area contributed by atoms with E-state index in [1.54, 1.807) is 17.0 Å². The lowest BCUT2D eigenvalue weighted by atomic mass is 10.3. The van der Waals surface area contributed by atoms with E-state index in [4.69, 9.17) is 4.42 Å². The van der Waals surface area contributed by atoms with E-state index in [9.17, 15) is 14.4 Å². The van der Waals surface area contributed by atoms with Crippen LogP contribution in [0.3, 0.4) is 0 Å². The fraction of sp³-hybridized carbons (Fsp3) is 0.529. The van der Waals surface area contributed by atoms with Crippen molar-refractivity contribution in [1.82, 2.24) is 25.3 Å².